The van der Waals surface area contributed by atoms with E-state index in [1.54, 1.807) is 7.11 Å². The van der Waals surface area contributed by atoms with Crippen LogP contribution < -0.4 is 0 Å². The minimum atomic E-state index is 0.757. The molecule has 0 aliphatic carbocycles. The van der Waals surface area contributed by atoms with E-state index >= 15 is 0 Å². The number of hydrogen-bond donors (Lipinski definition) is 0. The highest BCUT2D eigenvalue weighted by molar-refractivity contribution is 4.97. The molecule has 0 amide bonds. The predicted molar refractivity (Wildman–Crippen MR) is 54.3 cm³/mol. The molecule has 0 atom stereocenters. The molecule has 0 rings (SSSR count). The monoisotopic (exact) mass is 170 g/mol. The number of rotatable bonds is 6. The van der Waals surface area contributed by atoms with Gasteiger partial charge >= 0.3 is 0 Å². The van der Waals surface area contributed by atoms with Crippen LogP contribution in [0.15, 0.2) is 11.6 Å². The normalized spacial score (nSPS) is 12.6. The highest BCUT2D eigenvalue weighted by Gasteiger charge is 1.94. The maximum atomic E-state index is 4.96. The standard InChI is InChI=1S/C11H22O/c1-10(2)6-5-7-11(3)8-9-12-4/h8,10H,5-7,9H2,1-4H3/b11-8+. The Labute approximate surface area is 76.8 Å². The summed E-state index contributed by atoms with van der Waals surface area (Å²) in [5.41, 5.74) is 1.46. The Hall–Kier alpha value is -0.300. The second-order valence-electron chi connectivity index (χ2n) is 3.79. The molecule has 72 valence electrons. The lowest BCUT2D eigenvalue weighted by atomic mass is 10.0. The zero-order chi connectivity index (χ0) is 9.40. The summed E-state index contributed by atoms with van der Waals surface area (Å²) in [5.74, 6) is 0.834. The summed E-state index contributed by atoms with van der Waals surface area (Å²) in [6.45, 7) is 7.48. The minimum Gasteiger partial charge on any atom is -0.381 e. The Morgan fingerprint density at radius 2 is 2.08 bits per heavy atom. The van der Waals surface area contributed by atoms with Crippen molar-refractivity contribution >= 4 is 0 Å². The second kappa shape index (κ2) is 7.35. The Bertz CT molecular complexity index is 125. The Morgan fingerprint density at radius 3 is 2.58 bits per heavy atom. The van der Waals surface area contributed by atoms with E-state index in [0.29, 0.717) is 0 Å². The lowest BCUT2D eigenvalue weighted by molar-refractivity contribution is 0.233. The highest BCUT2D eigenvalue weighted by atomic mass is 16.5. The molecule has 0 aliphatic heterocycles. The molecule has 0 radical (unpaired) electrons. The summed E-state index contributed by atoms with van der Waals surface area (Å²) >= 11 is 0. The van der Waals surface area contributed by atoms with E-state index in [0.717, 1.165) is 12.5 Å². The molecular weight excluding hydrogens is 148 g/mol. The topological polar surface area (TPSA) is 9.23 Å². The molecular formula is C11H22O. The van der Waals surface area contributed by atoms with Crippen LogP contribution in [0, 0.1) is 5.92 Å². The fourth-order valence-corrected chi connectivity index (χ4v) is 1.12. The van der Waals surface area contributed by atoms with Gasteiger partial charge in [0, 0.05) is 7.11 Å². The van der Waals surface area contributed by atoms with Crippen molar-refractivity contribution in [1.29, 1.82) is 0 Å². The quantitative estimate of drug-likeness (QED) is 0.555. The zero-order valence-electron chi connectivity index (χ0n) is 8.89. The van der Waals surface area contributed by atoms with Gasteiger partial charge in [-0.25, -0.2) is 0 Å². The predicted octanol–water partition coefficient (Wildman–Crippen LogP) is 3.41. The van der Waals surface area contributed by atoms with E-state index < -0.39 is 0 Å². The van der Waals surface area contributed by atoms with Gasteiger partial charge < -0.3 is 4.74 Å². The first-order valence-electron chi connectivity index (χ1n) is 4.81. The first-order valence-corrected chi connectivity index (χ1v) is 4.81. The fourth-order valence-electron chi connectivity index (χ4n) is 1.12. The molecule has 0 aromatic carbocycles. The van der Waals surface area contributed by atoms with Crippen LogP contribution in [0.4, 0.5) is 0 Å². The van der Waals surface area contributed by atoms with Crippen LogP contribution in [0.2, 0.25) is 0 Å². The third-order valence-corrected chi connectivity index (χ3v) is 1.95. The summed E-state index contributed by atoms with van der Waals surface area (Å²) in [6, 6.07) is 0. The molecule has 12 heavy (non-hydrogen) atoms. The van der Waals surface area contributed by atoms with Crippen molar-refractivity contribution in [3.63, 3.8) is 0 Å². The van der Waals surface area contributed by atoms with Gasteiger partial charge in [-0.3, -0.25) is 0 Å². The van der Waals surface area contributed by atoms with E-state index in [1.807, 2.05) is 0 Å². The van der Waals surface area contributed by atoms with Crippen LogP contribution in [0.1, 0.15) is 40.0 Å². The van der Waals surface area contributed by atoms with Crippen molar-refractivity contribution in [2.75, 3.05) is 13.7 Å². The molecule has 0 unspecified atom stereocenters. The molecule has 0 heterocycles. The lowest BCUT2D eigenvalue weighted by Crippen LogP contribution is -1.89. The fraction of sp³-hybridized carbons (Fsp3) is 0.818. The average Bonchev–Trinajstić information content (AvgIpc) is 2.00. The first kappa shape index (κ1) is 11.7. The van der Waals surface area contributed by atoms with E-state index in [2.05, 4.69) is 26.8 Å². The van der Waals surface area contributed by atoms with Crippen LogP contribution >= 0.6 is 0 Å². The third kappa shape index (κ3) is 7.80. The average molecular weight is 170 g/mol. The van der Waals surface area contributed by atoms with Gasteiger partial charge in [-0.05, 0) is 25.7 Å². The van der Waals surface area contributed by atoms with Crippen molar-refractivity contribution in [2.24, 2.45) is 5.92 Å². The molecule has 0 bridgehead atoms. The second-order valence-corrected chi connectivity index (χ2v) is 3.79. The molecule has 0 aliphatic rings. The van der Waals surface area contributed by atoms with Crippen molar-refractivity contribution in [3.05, 3.63) is 11.6 Å². The Morgan fingerprint density at radius 1 is 1.42 bits per heavy atom. The Kier molecular flexibility index (Phi) is 7.17. The minimum absolute atomic E-state index is 0.757. The van der Waals surface area contributed by atoms with Gasteiger partial charge in [0.1, 0.15) is 0 Å². The maximum absolute atomic E-state index is 4.96. The molecule has 0 saturated heterocycles. The van der Waals surface area contributed by atoms with E-state index in [4.69, 9.17) is 4.74 Å². The van der Waals surface area contributed by atoms with Crippen molar-refractivity contribution in [2.45, 2.75) is 40.0 Å². The van der Waals surface area contributed by atoms with E-state index in [1.165, 1.54) is 24.8 Å². The van der Waals surface area contributed by atoms with Gasteiger partial charge in [0.05, 0.1) is 6.61 Å². The summed E-state index contributed by atoms with van der Waals surface area (Å²) in [5, 5.41) is 0. The van der Waals surface area contributed by atoms with Gasteiger partial charge in [0.15, 0.2) is 0 Å². The molecule has 1 nitrogen and oxygen atoms in total. The molecule has 1 heteroatoms. The first-order chi connectivity index (χ1) is 5.66. The van der Waals surface area contributed by atoms with Crippen LogP contribution in [-0.4, -0.2) is 13.7 Å². The van der Waals surface area contributed by atoms with Crippen molar-refractivity contribution in [3.8, 4) is 0 Å². The number of allylic oxidation sites excluding steroid dienone is 1. The number of methoxy groups -OCH3 is 1. The van der Waals surface area contributed by atoms with Crippen LogP contribution in [0.3, 0.4) is 0 Å². The van der Waals surface area contributed by atoms with Crippen LogP contribution in [0.5, 0.6) is 0 Å². The SMILES string of the molecule is COC/C=C(\C)CCCC(C)C. The maximum Gasteiger partial charge on any atom is 0.0646 e. The van der Waals surface area contributed by atoms with E-state index in [9.17, 15) is 0 Å². The van der Waals surface area contributed by atoms with E-state index in [-0.39, 0.29) is 0 Å². The van der Waals surface area contributed by atoms with Crippen molar-refractivity contribution < 1.29 is 4.74 Å². The molecule has 0 fully saturated rings. The summed E-state index contributed by atoms with van der Waals surface area (Å²) < 4.78 is 4.96. The van der Waals surface area contributed by atoms with Crippen LogP contribution in [0.25, 0.3) is 0 Å². The van der Waals surface area contributed by atoms with Crippen LogP contribution in [-0.2, 0) is 4.74 Å². The Balaban J connectivity index is 3.36. The van der Waals surface area contributed by atoms with Gasteiger partial charge in [-0.1, -0.05) is 31.9 Å². The lowest BCUT2D eigenvalue weighted by Gasteiger charge is -2.04. The molecule has 0 spiro atoms. The largest absolute Gasteiger partial charge is 0.381 e. The summed E-state index contributed by atoms with van der Waals surface area (Å²) in [7, 11) is 1.73. The molecule has 0 aromatic rings. The van der Waals surface area contributed by atoms with Gasteiger partial charge in [0.2, 0.25) is 0 Å². The summed E-state index contributed by atoms with van der Waals surface area (Å²) in [4.78, 5) is 0. The number of hydrogen-bond acceptors (Lipinski definition) is 1. The smallest absolute Gasteiger partial charge is 0.0646 e. The van der Waals surface area contributed by atoms with Gasteiger partial charge in [-0.15, -0.1) is 0 Å². The molecule has 0 N–H and O–H groups in total. The highest BCUT2D eigenvalue weighted by Crippen LogP contribution is 2.11. The molecule has 0 saturated carbocycles. The van der Waals surface area contributed by atoms with Crippen molar-refractivity contribution in [1.82, 2.24) is 0 Å². The third-order valence-electron chi connectivity index (χ3n) is 1.95. The zero-order valence-corrected chi connectivity index (χ0v) is 8.89. The summed E-state index contributed by atoms with van der Waals surface area (Å²) in [6.07, 6.45) is 6.03. The van der Waals surface area contributed by atoms with Gasteiger partial charge in [0.25, 0.3) is 0 Å². The molecule has 0 aromatic heterocycles. The van der Waals surface area contributed by atoms with Gasteiger partial charge in [-0.2, -0.15) is 0 Å². The number of ether oxygens (including phenoxy) is 1.